The molecule has 0 saturated heterocycles. The Morgan fingerprint density at radius 1 is 1.29 bits per heavy atom. The van der Waals surface area contributed by atoms with Gasteiger partial charge in [-0.2, -0.15) is 0 Å². The molecule has 2 N–H and O–H groups in total. The Hall–Kier alpha value is -0.910. The van der Waals surface area contributed by atoms with E-state index in [2.05, 4.69) is 17.0 Å². The van der Waals surface area contributed by atoms with Gasteiger partial charge in [-0.3, -0.25) is 0 Å². The molecule has 21 heavy (non-hydrogen) atoms. The molecule has 2 unspecified atom stereocenters. The predicted molar refractivity (Wildman–Crippen MR) is 83.5 cm³/mol. The maximum absolute atomic E-state index is 12.5. The van der Waals surface area contributed by atoms with E-state index in [1.807, 2.05) is 19.1 Å². The van der Waals surface area contributed by atoms with E-state index < -0.39 is 10.0 Å². The zero-order chi connectivity index (χ0) is 15.0. The second kappa shape index (κ2) is 5.71. The molecule has 0 spiro atoms. The molecule has 2 aliphatic carbocycles. The molecule has 1 aromatic rings. The smallest absolute Gasteiger partial charge is 0.240 e. The molecule has 0 radical (unpaired) electrons. The van der Waals surface area contributed by atoms with Crippen LogP contribution < -0.4 is 10.0 Å². The van der Waals surface area contributed by atoms with Crippen LogP contribution in [0.2, 0.25) is 0 Å². The van der Waals surface area contributed by atoms with E-state index >= 15 is 0 Å². The summed E-state index contributed by atoms with van der Waals surface area (Å²) < 4.78 is 27.7. The highest BCUT2D eigenvalue weighted by Gasteiger charge is 2.33. The minimum atomic E-state index is -3.39. The van der Waals surface area contributed by atoms with Crippen LogP contribution >= 0.6 is 0 Å². The first-order valence-electron chi connectivity index (χ1n) is 7.79. The molecule has 2 atom stereocenters. The van der Waals surface area contributed by atoms with Crippen LogP contribution in [0.4, 0.5) is 0 Å². The van der Waals surface area contributed by atoms with Crippen molar-refractivity contribution in [1.29, 1.82) is 0 Å². The highest BCUT2D eigenvalue weighted by Crippen LogP contribution is 2.37. The Bertz CT molecular complexity index is 623. The first-order chi connectivity index (χ1) is 9.97. The Morgan fingerprint density at radius 3 is 2.62 bits per heavy atom. The van der Waals surface area contributed by atoms with Crippen LogP contribution in [0, 0.1) is 18.8 Å². The van der Waals surface area contributed by atoms with Crippen molar-refractivity contribution in [3.8, 4) is 0 Å². The summed E-state index contributed by atoms with van der Waals surface area (Å²) in [5, 5.41) is 3.44. The maximum atomic E-state index is 12.5. The number of nitrogens with one attached hydrogen (secondary N) is 2. The van der Waals surface area contributed by atoms with E-state index in [9.17, 15) is 8.42 Å². The van der Waals surface area contributed by atoms with Crippen LogP contribution in [0.1, 0.15) is 37.3 Å². The van der Waals surface area contributed by atoms with Gasteiger partial charge in [0.2, 0.25) is 10.0 Å². The molecule has 0 heterocycles. The number of hydrogen-bond donors (Lipinski definition) is 2. The molecule has 0 aliphatic heterocycles. The third kappa shape index (κ3) is 3.65. The largest absolute Gasteiger partial charge is 0.310 e. The van der Waals surface area contributed by atoms with Gasteiger partial charge in [-0.05, 0) is 55.2 Å². The van der Waals surface area contributed by atoms with Crippen molar-refractivity contribution in [3.05, 3.63) is 29.3 Å². The molecule has 3 rings (SSSR count). The lowest BCUT2D eigenvalue weighted by Gasteiger charge is -2.13. The summed E-state index contributed by atoms with van der Waals surface area (Å²) >= 11 is 0. The van der Waals surface area contributed by atoms with E-state index in [0.717, 1.165) is 24.1 Å². The minimum Gasteiger partial charge on any atom is -0.310 e. The first kappa shape index (κ1) is 15.0. The molecule has 0 bridgehead atoms. The second-order valence-corrected chi connectivity index (χ2v) is 8.26. The van der Waals surface area contributed by atoms with Crippen molar-refractivity contribution >= 4 is 10.0 Å². The summed E-state index contributed by atoms with van der Waals surface area (Å²) in [6, 6.07) is 6.17. The van der Waals surface area contributed by atoms with Gasteiger partial charge >= 0.3 is 0 Å². The molecule has 1 aromatic carbocycles. The lowest BCUT2D eigenvalue weighted by Crippen LogP contribution is -2.27. The molecule has 0 aromatic heterocycles. The van der Waals surface area contributed by atoms with E-state index in [4.69, 9.17) is 0 Å². The second-order valence-electron chi connectivity index (χ2n) is 6.52. The van der Waals surface area contributed by atoms with Gasteiger partial charge in [0.15, 0.2) is 0 Å². The lowest BCUT2D eigenvalue weighted by atomic mass is 10.1. The fraction of sp³-hybridized carbons (Fsp3) is 0.625. The highest BCUT2D eigenvalue weighted by atomic mass is 32.2. The number of benzene rings is 1. The van der Waals surface area contributed by atoms with Crippen LogP contribution in [0.25, 0.3) is 0 Å². The van der Waals surface area contributed by atoms with Gasteiger partial charge in [0.1, 0.15) is 0 Å². The normalized spacial score (nSPS) is 25.0. The van der Waals surface area contributed by atoms with Gasteiger partial charge < -0.3 is 5.32 Å². The summed E-state index contributed by atoms with van der Waals surface area (Å²) in [6.07, 6.45) is 3.60. The van der Waals surface area contributed by atoms with Crippen LogP contribution in [-0.4, -0.2) is 21.0 Å². The Morgan fingerprint density at radius 2 is 2.00 bits per heavy atom. The zero-order valence-electron chi connectivity index (χ0n) is 12.7. The molecule has 2 aliphatic rings. The van der Waals surface area contributed by atoms with Crippen LogP contribution in [0.3, 0.4) is 0 Å². The number of rotatable bonds is 7. The number of hydrogen-bond acceptors (Lipinski definition) is 3. The first-order valence-corrected chi connectivity index (χ1v) is 9.27. The van der Waals surface area contributed by atoms with Gasteiger partial charge in [-0.25, -0.2) is 13.1 Å². The molecule has 2 saturated carbocycles. The van der Waals surface area contributed by atoms with Crippen molar-refractivity contribution in [1.82, 2.24) is 10.0 Å². The van der Waals surface area contributed by atoms with Crippen molar-refractivity contribution < 1.29 is 8.42 Å². The maximum Gasteiger partial charge on any atom is 0.240 e. The van der Waals surface area contributed by atoms with Crippen molar-refractivity contribution in [2.45, 2.75) is 50.6 Å². The fourth-order valence-corrected chi connectivity index (χ4v) is 4.04. The molecule has 5 heteroatoms. The summed E-state index contributed by atoms with van der Waals surface area (Å²) in [5.74, 6) is 1.17. The molecule has 0 amide bonds. The monoisotopic (exact) mass is 308 g/mol. The predicted octanol–water partition coefficient (Wildman–Crippen LogP) is 2.18. The fourth-order valence-electron chi connectivity index (χ4n) is 2.66. The zero-order valence-corrected chi connectivity index (χ0v) is 13.5. The van der Waals surface area contributed by atoms with Crippen LogP contribution in [0.15, 0.2) is 23.1 Å². The number of sulfonamides is 1. The molecular formula is C16H24N2O2S. The molecule has 2 fully saturated rings. The van der Waals surface area contributed by atoms with Crippen molar-refractivity contribution in [2.75, 3.05) is 6.54 Å². The van der Waals surface area contributed by atoms with Gasteiger partial charge in [0.25, 0.3) is 0 Å². The lowest BCUT2D eigenvalue weighted by molar-refractivity contribution is 0.573. The molecule has 116 valence electrons. The van der Waals surface area contributed by atoms with Gasteiger partial charge in [-0.1, -0.05) is 19.1 Å². The summed E-state index contributed by atoms with van der Waals surface area (Å²) in [5.41, 5.74) is 1.94. The summed E-state index contributed by atoms with van der Waals surface area (Å²) in [4.78, 5) is 0.422. The Labute approximate surface area is 127 Å². The average Bonchev–Trinajstić information content (AvgIpc) is 3.33. The standard InChI is InChI=1S/C16H24N2O2S/c1-11-8-14(11)10-18-21(19,20)16-5-3-4-13(12(16)2)9-17-15-6-7-15/h3-5,11,14-15,17-18H,6-10H2,1-2H3. The van der Waals surface area contributed by atoms with Gasteiger partial charge in [0.05, 0.1) is 4.90 Å². The highest BCUT2D eigenvalue weighted by molar-refractivity contribution is 7.89. The Balaban J connectivity index is 1.71. The van der Waals surface area contributed by atoms with Gasteiger partial charge in [0, 0.05) is 19.1 Å². The van der Waals surface area contributed by atoms with Crippen LogP contribution in [-0.2, 0) is 16.6 Å². The third-order valence-corrected chi connectivity index (χ3v) is 6.22. The van der Waals surface area contributed by atoms with Crippen molar-refractivity contribution in [3.63, 3.8) is 0 Å². The molecule has 4 nitrogen and oxygen atoms in total. The van der Waals surface area contributed by atoms with Crippen LogP contribution in [0.5, 0.6) is 0 Å². The average molecular weight is 308 g/mol. The summed E-state index contributed by atoms with van der Waals surface area (Å²) in [6.45, 7) is 5.37. The summed E-state index contributed by atoms with van der Waals surface area (Å²) in [7, 11) is -3.39. The Kier molecular flexibility index (Phi) is 4.08. The van der Waals surface area contributed by atoms with E-state index in [0.29, 0.717) is 29.3 Å². The van der Waals surface area contributed by atoms with E-state index in [1.54, 1.807) is 6.07 Å². The van der Waals surface area contributed by atoms with E-state index in [-0.39, 0.29) is 0 Å². The minimum absolute atomic E-state index is 0.422. The topological polar surface area (TPSA) is 58.2 Å². The third-order valence-electron chi connectivity index (χ3n) is 4.66. The molecular weight excluding hydrogens is 284 g/mol. The van der Waals surface area contributed by atoms with Crippen molar-refractivity contribution in [2.24, 2.45) is 11.8 Å². The van der Waals surface area contributed by atoms with E-state index in [1.165, 1.54) is 12.8 Å². The SMILES string of the molecule is Cc1c(CNC2CC2)cccc1S(=O)(=O)NCC1CC1C. The quantitative estimate of drug-likeness (QED) is 0.812. The van der Waals surface area contributed by atoms with Gasteiger partial charge in [-0.15, -0.1) is 0 Å².